The molecule has 1 aromatic rings. The second-order valence-electron chi connectivity index (χ2n) is 6.19. The number of nitrogens with zero attached hydrogens (tertiary/aromatic N) is 1. The number of carbonyl (C=O) groups is 3. The van der Waals surface area contributed by atoms with Gasteiger partial charge in [0.1, 0.15) is 16.7 Å². The largest absolute Gasteiger partial charge is 0.462 e. The van der Waals surface area contributed by atoms with Crippen molar-refractivity contribution < 1.29 is 23.9 Å². The van der Waals surface area contributed by atoms with Crippen LogP contribution >= 0.6 is 0 Å². The van der Waals surface area contributed by atoms with Gasteiger partial charge in [-0.15, -0.1) is 0 Å². The van der Waals surface area contributed by atoms with E-state index in [2.05, 4.69) is 0 Å². The maximum Gasteiger partial charge on any atom is 0.341 e. The van der Waals surface area contributed by atoms with Gasteiger partial charge in [0, 0.05) is 23.9 Å². The predicted molar refractivity (Wildman–Crippen MR) is 92.7 cm³/mol. The minimum Gasteiger partial charge on any atom is -0.462 e. The van der Waals surface area contributed by atoms with Crippen molar-refractivity contribution in [3.05, 3.63) is 52.6 Å². The van der Waals surface area contributed by atoms with Crippen LogP contribution in [0.1, 0.15) is 26.3 Å². The summed E-state index contributed by atoms with van der Waals surface area (Å²) >= 11 is 0. The molecule has 1 amide bonds. The van der Waals surface area contributed by atoms with Gasteiger partial charge in [0.25, 0.3) is 0 Å². The maximum atomic E-state index is 13.4. The summed E-state index contributed by atoms with van der Waals surface area (Å²) in [6, 6.07) is 6.74. The molecule has 0 unspecified atom stereocenters. The number of ketones is 1. The Morgan fingerprint density at radius 1 is 1.27 bits per heavy atom. The lowest BCUT2D eigenvalue weighted by Gasteiger charge is -2.36. The molecule has 7 nitrogen and oxygen atoms in total. The fourth-order valence-corrected chi connectivity index (χ4v) is 3.76. The first-order valence-electron chi connectivity index (χ1n) is 8.23. The van der Waals surface area contributed by atoms with Crippen molar-refractivity contribution in [1.82, 2.24) is 4.90 Å². The van der Waals surface area contributed by atoms with E-state index in [1.807, 2.05) is 0 Å². The van der Waals surface area contributed by atoms with Gasteiger partial charge in [-0.3, -0.25) is 9.59 Å². The third kappa shape index (κ3) is 2.09. The molecule has 136 valence electrons. The molecule has 1 atom stereocenters. The number of para-hydroxylation sites is 1. The number of esters is 1. The minimum absolute atomic E-state index is 0.0927. The molecule has 1 spiro atoms. The SMILES string of the molecule is CCOC(=O)C1=C(N)Oc2ccccc2[C@@]12C(=O)N(C)C(C)=C2C(C)=O. The highest BCUT2D eigenvalue weighted by atomic mass is 16.5. The summed E-state index contributed by atoms with van der Waals surface area (Å²) in [6.07, 6.45) is 0. The number of nitrogens with two attached hydrogens (primary N) is 1. The van der Waals surface area contributed by atoms with E-state index < -0.39 is 17.3 Å². The van der Waals surface area contributed by atoms with Crippen LogP contribution in [-0.2, 0) is 24.5 Å². The van der Waals surface area contributed by atoms with Gasteiger partial charge in [0.2, 0.25) is 11.8 Å². The molecule has 0 saturated heterocycles. The molecule has 0 aliphatic carbocycles. The van der Waals surface area contributed by atoms with E-state index >= 15 is 0 Å². The van der Waals surface area contributed by atoms with Gasteiger partial charge in [0.05, 0.1) is 6.61 Å². The van der Waals surface area contributed by atoms with Gasteiger partial charge in [-0.1, -0.05) is 18.2 Å². The molecule has 2 aliphatic heterocycles. The third-order valence-electron chi connectivity index (χ3n) is 4.83. The van der Waals surface area contributed by atoms with E-state index in [9.17, 15) is 14.4 Å². The normalized spacial score (nSPS) is 21.8. The topological polar surface area (TPSA) is 98.9 Å². The number of ether oxygens (including phenoxy) is 2. The summed E-state index contributed by atoms with van der Waals surface area (Å²) < 4.78 is 10.7. The molecule has 0 aromatic heterocycles. The minimum atomic E-state index is -1.67. The van der Waals surface area contributed by atoms with E-state index in [1.165, 1.54) is 11.8 Å². The van der Waals surface area contributed by atoms with Crippen molar-refractivity contribution in [3.63, 3.8) is 0 Å². The molecule has 0 fully saturated rings. The first-order valence-corrected chi connectivity index (χ1v) is 8.23. The molecule has 3 rings (SSSR count). The number of likely N-dealkylation sites (N-methyl/N-ethyl adjacent to an activating group) is 1. The van der Waals surface area contributed by atoms with Crippen LogP contribution in [0.25, 0.3) is 0 Å². The summed E-state index contributed by atoms with van der Waals surface area (Å²) in [7, 11) is 1.56. The molecular formula is C19H20N2O5. The van der Waals surface area contributed by atoms with Crippen LogP contribution in [-0.4, -0.2) is 36.2 Å². The summed E-state index contributed by atoms with van der Waals surface area (Å²) in [4.78, 5) is 40.1. The van der Waals surface area contributed by atoms with Crippen molar-refractivity contribution in [2.45, 2.75) is 26.2 Å². The van der Waals surface area contributed by atoms with Gasteiger partial charge in [-0.2, -0.15) is 0 Å². The monoisotopic (exact) mass is 356 g/mol. The molecular weight excluding hydrogens is 336 g/mol. The molecule has 2 heterocycles. The van der Waals surface area contributed by atoms with Crippen LogP contribution < -0.4 is 10.5 Å². The number of carbonyl (C=O) groups excluding carboxylic acids is 3. The third-order valence-corrected chi connectivity index (χ3v) is 4.83. The average Bonchev–Trinajstić information content (AvgIpc) is 2.77. The Hall–Kier alpha value is -3.09. The second kappa shape index (κ2) is 6.01. The lowest BCUT2D eigenvalue weighted by molar-refractivity contribution is -0.142. The van der Waals surface area contributed by atoms with Crippen molar-refractivity contribution >= 4 is 17.7 Å². The Kier molecular flexibility index (Phi) is 4.10. The Labute approximate surface area is 151 Å². The van der Waals surface area contributed by atoms with Crippen LogP contribution in [0.3, 0.4) is 0 Å². The van der Waals surface area contributed by atoms with Gasteiger partial charge >= 0.3 is 5.97 Å². The van der Waals surface area contributed by atoms with E-state index in [0.29, 0.717) is 17.0 Å². The van der Waals surface area contributed by atoms with E-state index in [4.69, 9.17) is 15.2 Å². The number of allylic oxidation sites excluding steroid dienone is 1. The standard InChI is InChI=1S/C19H20N2O5/c1-5-25-17(23)15-16(20)26-13-9-7-6-8-12(13)19(15)14(11(3)22)10(2)21(4)18(19)24/h6-9H,5,20H2,1-4H3/t19-/m0/s1. The van der Waals surface area contributed by atoms with Crippen molar-refractivity contribution in [2.75, 3.05) is 13.7 Å². The lowest BCUT2D eigenvalue weighted by Crippen LogP contribution is -2.48. The van der Waals surface area contributed by atoms with Crippen LogP contribution in [0, 0.1) is 0 Å². The van der Waals surface area contributed by atoms with Crippen LogP contribution in [0.5, 0.6) is 5.75 Å². The van der Waals surface area contributed by atoms with Gasteiger partial charge in [-0.05, 0) is 26.8 Å². The number of rotatable bonds is 3. The van der Waals surface area contributed by atoms with Crippen LogP contribution in [0.2, 0.25) is 0 Å². The molecule has 0 radical (unpaired) electrons. The highest BCUT2D eigenvalue weighted by molar-refractivity contribution is 6.18. The van der Waals surface area contributed by atoms with Crippen molar-refractivity contribution in [3.8, 4) is 5.75 Å². The molecule has 0 bridgehead atoms. The lowest BCUT2D eigenvalue weighted by atomic mass is 9.66. The molecule has 26 heavy (non-hydrogen) atoms. The van der Waals surface area contributed by atoms with Crippen LogP contribution in [0.15, 0.2) is 47.0 Å². The van der Waals surface area contributed by atoms with Gasteiger partial charge in [0.15, 0.2) is 5.78 Å². The predicted octanol–water partition coefficient (Wildman–Crippen LogP) is 1.39. The van der Waals surface area contributed by atoms with E-state index in [0.717, 1.165) is 0 Å². The molecule has 2 aliphatic rings. The summed E-state index contributed by atoms with van der Waals surface area (Å²) in [5.74, 6) is -1.46. The van der Waals surface area contributed by atoms with Crippen LogP contribution in [0.4, 0.5) is 0 Å². The fraction of sp³-hybridized carbons (Fsp3) is 0.316. The smallest absolute Gasteiger partial charge is 0.341 e. The summed E-state index contributed by atoms with van der Waals surface area (Å²) in [5, 5.41) is 0. The Morgan fingerprint density at radius 2 is 1.92 bits per heavy atom. The van der Waals surface area contributed by atoms with Crippen molar-refractivity contribution in [1.29, 1.82) is 0 Å². The Bertz CT molecular complexity index is 899. The Balaban J connectivity index is 2.45. The maximum absolute atomic E-state index is 13.4. The molecule has 0 saturated carbocycles. The van der Waals surface area contributed by atoms with E-state index in [1.54, 1.807) is 45.2 Å². The first kappa shape index (κ1) is 17.7. The van der Waals surface area contributed by atoms with Gasteiger partial charge in [-0.25, -0.2) is 4.79 Å². The zero-order chi connectivity index (χ0) is 19.2. The summed E-state index contributed by atoms with van der Waals surface area (Å²) in [6.45, 7) is 4.77. The highest BCUT2D eigenvalue weighted by Crippen LogP contribution is 2.53. The number of fused-ring (bicyclic) bond motifs is 2. The number of Topliss-reactive ketones (excluding diaryl/α,β-unsaturated/α-hetero) is 1. The molecule has 1 aromatic carbocycles. The summed E-state index contributed by atoms with van der Waals surface area (Å²) in [5.41, 5.74) is 5.29. The quantitative estimate of drug-likeness (QED) is 0.822. The zero-order valence-electron chi connectivity index (χ0n) is 15.1. The molecule has 7 heteroatoms. The highest BCUT2D eigenvalue weighted by Gasteiger charge is 2.62. The van der Waals surface area contributed by atoms with Gasteiger partial charge < -0.3 is 20.1 Å². The average molecular weight is 356 g/mol. The van der Waals surface area contributed by atoms with E-state index in [-0.39, 0.29) is 29.4 Å². The Morgan fingerprint density at radius 3 is 2.54 bits per heavy atom. The first-order chi connectivity index (χ1) is 12.3. The number of benzene rings is 1. The molecule has 2 N–H and O–H groups in total. The second-order valence-corrected chi connectivity index (χ2v) is 6.19. The number of amides is 1. The van der Waals surface area contributed by atoms with Crippen molar-refractivity contribution in [2.24, 2.45) is 5.73 Å². The fourth-order valence-electron chi connectivity index (χ4n) is 3.76. The number of hydrogen-bond acceptors (Lipinski definition) is 6. The zero-order valence-corrected chi connectivity index (χ0v) is 15.1. The number of hydrogen-bond donors (Lipinski definition) is 1.